The summed E-state index contributed by atoms with van der Waals surface area (Å²) in [5.41, 5.74) is 9.88. The minimum atomic E-state index is 0.0932. The predicted octanol–water partition coefficient (Wildman–Crippen LogP) is 0.913. The van der Waals surface area contributed by atoms with Crippen molar-refractivity contribution >= 4 is 11.8 Å². The minimum Gasteiger partial charge on any atom is -0.329 e. The Kier molecular flexibility index (Phi) is 3.86. The van der Waals surface area contributed by atoms with Gasteiger partial charge in [0.15, 0.2) is 0 Å². The molecule has 1 heterocycles. The maximum atomic E-state index is 5.91. The molecule has 1 unspecified atom stereocenters. The van der Waals surface area contributed by atoms with Crippen molar-refractivity contribution in [1.29, 1.82) is 0 Å². The largest absolute Gasteiger partial charge is 0.329 e. The SMILES string of the molecule is CN(C)NC1(CN)CSCC(C)(C)C1. The minimum absolute atomic E-state index is 0.0932. The molecule has 1 fully saturated rings. The van der Waals surface area contributed by atoms with Gasteiger partial charge in [-0.3, -0.25) is 5.01 Å². The Labute approximate surface area is 91.8 Å². The Balaban J connectivity index is 2.68. The fraction of sp³-hybridized carbons (Fsp3) is 1.00. The smallest absolute Gasteiger partial charge is 0.0543 e. The summed E-state index contributed by atoms with van der Waals surface area (Å²) in [4.78, 5) is 0. The third-order valence-corrected chi connectivity index (χ3v) is 4.28. The highest BCUT2D eigenvalue weighted by molar-refractivity contribution is 7.99. The van der Waals surface area contributed by atoms with E-state index in [0.717, 1.165) is 12.2 Å². The molecule has 1 rings (SSSR count). The van der Waals surface area contributed by atoms with E-state index >= 15 is 0 Å². The first kappa shape index (κ1) is 12.3. The summed E-state index contributed by atoms with van der Waals surface area (Å²) in [6, 6.07) is 0. The third-order valence-electron chi connectivity index (χ3n) is 2.54. The van der Waals surface area contributed by atoms with Gasteiger partial charge in [-0.05, 0) is 17.6 Å². The Morgan fingerprint density at radius 1 is 1.36 bits per heavy atom. The van der Waals surface area contributed by atoms with Gasteiger partial charge in [0.25, 0.3) is 0 Å². The van der Waals surface area contributed by atoms with Crippen LogP contribution in [0.5, 0.6) is 0 Å². The molecule has 0 bridgehead atoms. The van der Waals surface area contributed by atoms with Crippen LogP contribution in [0.4, 0.5) is 0 Å². The van der Waals surface area contributed by atoms with Crippen molar-refractivity contribution in [2.24, 2.45) is 11.1 Å². The van der Waals surface area contributed by atoms with Gasteiger partial charge in [-0.15, -0.1) is 0 Å². The van der Waals surface area contributed by atoms with Crippen molar-refractivity contribution < 1.29 is 0 Å². The molecule has 4 heteroatoms. The molecule has 84 valence electrons. The van der Waals surface area contributed by atoms with Crippen molar-refractivity contribution in [3.63, 3.8) is 0 Å². The van der Waals surface area contributed by atoms with Gasteiger partial charge in [0, 0.05) is 26.4 Å². The summed E-state index contributed by atoms with van der Waals surface area (Å²) in [6.45, 7) is 5.35. The summed E-state index contributed by atoms with van der Waals surface area (Å²) in [5.74, 6) is 2.36. The molecule has 0 aliphatic carbocycles. The lowest BCUT2D eigenvalue weighted by molar-refractivity contribution is 0.130. The van der Waals surface area contributed by atoms with Gasteiger partial charge < -0.3 is 5.73 Å². The quantitative estimate of drug-likeness (QED) is 0.690. The molecule has 14 heavy (non-hydrogen) atoms. The van der Waals surface area contributed by atoms with E-state index in [1.54, 1.807) is 0 Å². The lowest BCUT2D eigenvalue weighted by Crippen LogP contribution is -2.61. The molecule has 3 N–H and O–H groups in total. The Bertz CT molecular complexity index is 194. The number of hydrogen-bond acceptors (Lipinski definition) is 4. The van der Waals surface area contributed by atoms with Crippen LogP contribution in [0.2, 0.25) is 0 Å². The lowest BCUT2D eigenvalue weighted by Gasteiger charge is -2.45. The second-order valence-corrected chi connectivity index (χ2v) is 6.31. The first-order valence-electron chi connectivity index (χ1n) is 5.12. The zero-order chi connectivity index (χ0) is 10.8. The van der Waals surface area contributed by atoms with Crippen molar-refractivity contribution in [1.82, 2.24) is 10.4 Å². The van der Waals surface area contributed by atoms with E-state index in [2.05, 4.69) is 19.3 Å². The second kappa shape index (κ2) is 4.39. The zero-order valence-corrected chi connectivity index (χ0v) is 10.6. The van der Waals surface area contributed by atoms with Gasteiger partial charge in [-0.2, -0.15) is 11.8 Å². The van der Waals surface area contributed by atoms with Crippen molar-refractivity contribution in [2.75, 3.05) is 32.1 Å². The summed E-state index contributed by atoms with van der Waals surface area (Å²) in [7, 11) is 4.06. The summed E-state index contributed by atoms with van der Waals surface area (Å²) in [6.07, 6.45) is 1.15. The monoisotopic (exact) mass is 217 g/mol. The highest BCUT2D eigenvalue weighted by atomic mass is 32.2. The van der Waals surface area contributed by atoms with Crippen LogP contribution >= 0.6 is 11.8 Å². The molecule has 0 saturated carbocycles. The molecule has 3 nitrogen and oxygen atoms in total. The highest BCUT2D eigenvalue weighted by Gasteiger charge is 2.39. The molecule has 0 aromatic heterocycles. The van der Waals surface area contributed by atoms with Crippen LogP contribution in [-0.4, -0.2) is 42.7 Å². The van der Waals surface area contributed by atoms with E-state index in [1.807, 2.05) is 30.9 Å². The first-order valence-corrected chi connectivity index (χ1v) is 6.28. The van der Waals surface area contributed by atoms with E-state index < -0.39 is 0 Å². The van der Waals surface area contributed by atoms with Crippen LogP contribution in [0.1, 0.15) is 20.3 Å². The summed E-state index contributed by atoms with van der Waals surface area (Å²) >= 11 is 2.01. The van der Waals surface area contributed by atoms with Gasteiger partial charge in [0.1, 0.15) is 0 Å². The van der Waals surface area contributed by atoms with Gasteiger partial charge in [-0.25, -0.2) is 5.43 Å². The second-order valence-electron chi connectivity index (χ2n) is 5.32. The van der Waals surface area contributed by atoms with Crippen molar-refractivity contribution in [3.8, 4) is 0 Å². The van der Waals surface area contributed by atoms with E-state index in [1.165, 1.54) is 5.75 Å². The fourth-order valence-electron chi connectivity index (χ4n) is 2.26. The topological polar surface area (TPSA) is 41.3 Å². The highest BCUT2D eigenvalue weighted by Crippen LogP contribution is 2.38. The number of rotatable bonds is 3. The van der Waals surface area contributed by atoms with E-state index in [0.29, 0.717) is 12.0 Å². The van der Waals surface area contributed by atoms with E-state index in [-0.39, 0.29) is 5.54 Å². The van der Waals surface area contributed by atoms with Crippen LogP contribution in [0.3, 0.4) is 0 Å². The van der Waals surface area contributed by atoms with Gasteiger partial charge >= 0.3 is 0 Å². The number of nitrogens with zero attached hydrogens (tertiary/aromatic N) is 1. The number of hydrogen-bond donors (Lipinski definition) is 2. The fourth-order valence-corrected chi connectivity index (χ4v) is 3.70. The molecular formula is C10H23N3S. The average molecular weight is 217 g/mol. The maximum absolute atomic E-state index is 5.91. The van der Waals surface area contributed by atoms with E-state index in [9.17, 15) is 0 Å². The molecule has 1 atom stereocenters. The van der Waals surface area contributed by atoms with Gasteiger partial charge in [-0.1, -0.05) is 13.8 Å². The predicted molar refractivity (Wildman–Crippen MR) is 64.3 cm³/mol. The molecule has 1 aliphatic heterocycles. The first-order chi connectivity index (χ1) is 6.39. The molecule has 0 aromatic rings. The summed E-state index contributed by atoms with van der Waals surface area (Å²) < 4.78 is 0. The van der Waals surface area contributed by atoms with Crippen LogP contribution < -0.4 is 11.2 Å². The molecule has 0 spiro atoms. The van der Waals surface area contributed by atoms with Crippen LogP contribution in [0.15, 0.2) is 0 Å². The molecular weight excluding hydrogens is 194 g/mol. The number of hydrazine groups is 1. The number of nitrogens with one attached hydrogen (secondary N) is 1. The average Bonchev–Trinajstić information content (AvgIpc) is 2.01. The third kappa shape index (κ3) is 3.12. The van der Waals surface area contributed by atoms with Crippen LogP contribution in [0, 0.1) is 5.41 Å². The molecule has 0 radical (unpaired) electrons. The molecule has 1 aliphatic rings. The zero-order valence-electron chi connectivity index (χ0n) is 9.76. The molecule has 0 amide bonds. The van der Waals surface area contributed by atoms with Gasteiger partial charge in [0.05, 0.1) is 5.54 Å². The Morgan fingerprint density at radius 3 is 2.43 bits per heavy atom. The molecule has 1 saturated heterocycles. The standard InChI is InChI=1S/C10H23N3S/c1-9(2)5-10(6-11,8-14-7-9)12-13(3)4/h12H,5-8,11H2,1-4H3. The van der Waals surface area contributed by atoms with Crippen LogP contribution in [0.25, 0.3) is 0 Å². The molecule has 0 aromatic carbocycles. The number of thioether (sulfide) groups is 1. The summed E-state index contributed by atoms with van der Waals surface area (Å²) in [5, 5.41) is 2.02. The number of nitrogens with two attached hydrogens (primary N) is 1. The Morgan fingerprint density at radius 2 is 2.00 bits per heavy atom. The van der Waals surface area contributed by atoms with E-state index in [4.69, 9.17) is 5.73 Å². The lowest BCUT2D eigenvalue weighted by atomic mass is 9.80. The van der Waals surface area contributed by atoms with Crippen molar-refractivity contribution in [2.45, 2.75) is 25.8 Å². The Hall–Kier alpha value is 0.230. The normalized spacial score (nSPS) is 32.1. The van der Waals surface area contributed by atoms with Crippen LogP contribution in [-0.2, 0) is 0 Å². The van der Waals surface area contributed by atoms with Gasteiger partial charge in [0.2, 0.25) is 0 Å². The maximum Gasteiger partial charge on any atom is 0.0543 e. The van der Waals surface area contributed by atoms with Crippen molar-refractivity contribution in [3.05, 3.63) is 0 Å².